The quantitative estimate of drug-likeness (QED) is 0.675. The Labute approximate surface area is 141 Å². The van der Waals surface area contributed by atoms with Crippen molar-refractivity contribution in [3.63, 3.8) is 0 Å². The van der Waals surface area contributed by atoms with Gasteiger partial charge in [-0.15, -0.1) is 10.2 Å². The monoisotopic (exact) mass is 332 g/mol. The number of rotatable bonds is 5. The molecule has 0 fully saturated rings. The van der Waals surface area contributed by atoms with E-state index in [4.69, 9.17) is 0 Å². The first-order valence-electron chi connectivity index (χ1n) is 7.66. The summed E-state index contributed by atoms with van der Waals surface area (Å²) in [7, 11) is 1.97. The summed E-state index contributed by atoms with van der Waals surface area (Å²) in [6, 6.07) is 8.48. The standard InChI is InChI=1S/C17H24N4OS/c1-12(22)18-10-11-23-16-20-19-15(21(16)5)13-6-8-14(9-7-13)17(2,3)4/h6-9H,10-11H2,1-5H3,(H,18,22). The van der Waals surface area contributed by atoms with Crippen LogP contribution in [0.15, 0.2) is 29.4 Å². The number of nitrogens with zero attached hydrogens (tertiary/aromatic N) is 3. The first kappa shape index (κ1) is 17.5. The normalized spacial score (nSPS) is 11.5. The van der Waals surface area contributed by atoms with Crippen LogP contribution in [0.2, 0.25) is 0 Å². The molecule has 1 N–H and O–H groups in total. The molecule has 0 bridgehead atoms. The second-order valence-electron chi connectivity index (χ2n) is 6.52. The van der Waals surface area contributed by atoms with Gasteiger partial charge in [-0.1, -0.05) is 56.8 Å². The highest BCUT2D eigenvalue weighted by molar-refractivity contribution is 7.99. The fraction of sp³-hybridized carbons (Fsp3) is 0.471. The van der Waals surface area contributed by atoms with Crippen LogP contribution in [-0.2, 0) is 17.3 Å². The molecule has 0 radical (unpaired) electrons. The van der Waals surface area contributed by atoms with Gasteiger partial charge in [-0.3, -0.25) is 4.79 Å². The van der Waals surface area contributed by atoms with Crippen molar-refractivity contribution in [2.24, 2.45) is 7.05 Å². The number of hydrogen-bond donors (Lipinski definition) is 1. The molecular formula is C17H24N4OS. The minimum absolute atomic E-state index is 0.0109. The van der Waals surface area contributed by atoms with E-state index >= 15 is 0 Å². The van der Waals surface area contributed by atoms with E-state index in [1.54, 1.807) is 11.8 Å². The summed E-state index contributed by atoms with van der Waals surface area (Å²) in [5, 5.41) is 12.2. The van der Waals surface area contributed by atoms with E-state index in [9.17, 15) is 4.79 Å². The van der Waals surface area contributed by atoms with Crippen molar-refractivity contribution < 1.29 is 4.79 Å². The Morgan fingerprint density at radius 3 is 2.43 bits per heavy atom. The maximum Gasteiger partial charge on any atom is 0.216 e. The maximum atomic E-state index is 10.9. The minimum atomic E-state index is -0.0109. The van der Waals surface area contributed by atoms with E-state index in [0.717, 1.165) is 22.3 Å². The minimum Gasteiger partial charge on any atom is -0.356 e. The molecule has 6 heteroatoms. The average Bonchev–Trinajstić information content (AvgIpc) is 2.84. The molecule has 1 aromatic heterocycles. The summed E-state index contributed by atoms with van der Waals surface area (Å²) in [5.74, 6) is 1.62. The van der Waals surface area contributed by atoms with Gasteiger partial charge in [-0.25, -0.2) is 0 Å². The van der Waals surface area contributed by atoms with Crippen LogP contribution in [0.3, 0.4) is 0 Å². The van der Waals surface area contributed by atoms with E-state index in [2.05, 4.69) is 60.6 Å². The van der Waals surface area contributed by atoms with Crippen molar-refractivity contribution >= 4 is 17.7 Å². The highest BCUT2D eigenvalue weighted by atomic mass is 32.2. The predicted octanol–water partition coefficient (Wildman–Crippen LogP) is 3.01. The fourth-order valence-corrected chi connectivity index (χ4v) is 2.95. The number of nitrogens with one attached hydrogen (secondary N) is 1. The third-order valence-electron chi connectivity index (χ3n) is 3.55. The second-order valence-corrected chi connectivity index (χ2v) is 7.59. The van der Waals surface area contributed by atoms with Gasteiger partial charge >= 0.3 is 0 Å². The first-order valence-corrected chi connectivity index (χ1v) is 8.65. The molecular weight excluding hydrogens is 308 g/mol. The van der Waals surface area contributed by atoms with Gasteiger partial charge < -0.3 is 9.88 Å². The molecule has 0 aliphatic heterocycles. The van der Waals surface area contributed by atoms with Crippen LogP contribution in [0.5, 0.6) is 0 Å². The largest absolute Gasteiger partial charge is 0.356 e. The van der Waals surface area contributed by atoms with Crippen LogP contribution in [-0.4, -0.2) is 33.0 Å². The third-order valence-corrected chi connectivity index (χ3v) is 4.57. The third kappa shape index (κ3) is 4.58. The lowest BCUT2D eigenvalue weighted by Crippen LogP contribution is -2.22. The maximum absolute atomic E-state index is 10.9. The number of amides is 1. The molecule has 0 saturated carbocycles. The summed E-state index contributed by atoms with van der Waals surface area (Å²) >= 11 is 1.59. The van der Waals surface area contributed by atoms with Crippen molar-refractivity contribution in [1.82, 2.24) is 20.1 Å². The molecule has 2 rings (SSSR count). The Morgan fingerprint density at radius 1 is 1.22 bits per heavy atom. The van der Waals surface area contributed by atoms with Gasteiger partial charge in [0.1, 0.15) is 0 Å². The van der Waals surface area contributed by atoms with Crippen LogP contribution in [0.25, 0.3) is 11.4 Å². The molecule has 0 aliphatic rings. The van der Waals surface area contributed by atoms with Crippen LogP contribution in [0.4, 0.5) is 0 Å². The van der Waals surface area contributed by atoms with Crippen molar-refractivity contribution in [3.8, 4) is 11.4 Å². The Hall–Kier alpha value is -1.82. The van der Waals surface area contributed by atoms with Gasteiger partial charge in [0.15, 0.2) is 11.0 Å². The predicted molar refractivity (Wildman–Crippen MR) is 94.5 cm³/mol. The van der Waals surface area contributed by atoms with Gasteiger partial charge in [0.05, 0.1) is 0 Å². The molecule has 1 amide bonds. The molecule has 1 heterocycles. The zero-order valence-electron chi connectivity index (χ0n) is 14.4. The molecule has 1 aromatic carbocycles. The van der Waals surface area contributed by atoms with Gasteiger partial charge in [0, 0.05) is 31.8 Å². The Morgan fingerprint density at radius 2 is 1.87 bits per heavy atom. The van der Waals surface area contributed by atoms with Gasteiger partial charge in [-0.2, -0.15) is 0 Å². The molecule has 2 aromatic rings. The van der Waals surface area contributed by atoms with Crippen molar-refractivity contribution in [3.05, 3.63) is 29.8 Å². The zero-order chi connectivity index (χ0) is 17.0. The Balaban J connectivity index is 2.08. The zero-order valence-corrected chi connectivity index (χ0v) is 15.2. The number of aromatic nitrogens is 3. The fourth-order valence-electron chi connectivity index (χ4n) is 2.18. The average molecular weight is 332 g/mol. The summed E-state index contributed by atoms with van der Waals surface area (Å²) in [6.45, 7) is 8.76. The lowest BCUT2D eigenvalue weighted by molar-refractivity contribution is -0.118. The molecule has 0 spiro atoms. The molecule has 0 aliphatic carbocycles. The van der Waals surface area contributed by atoms with Crippen LogP contribution < -0.4 is 5.32 Å². The summed E-state index contributed by atoms with van der Waals surface area (Å²) in [5.41, 5.74) is 2.50. The first-order chi connectivity index (χ1) is 10.8. The molecule has 23 heavy (non-hydrogen) atoms. The lowest BCUT2D eigenvalue weighted by Gasteiger charge is -2.19. The van der Waals surface area contributed by atoms with Crippen molar-refractivity contribution in [2.45, 2.75) is 38.3 Å². The molecule has 0 atom stereocenters. The summed E-state index contributed by atoms with van der Waals surface area (Å²) in [6.07, 6.45) is 0. The smallest absolute Gasteiger partial charge is 0.216 e. The van der Waals surface area contributed by atoms with Gasteiger partial charge in [0.25, 0.3) is 0 Å². The highest BCUT2D eigenvalue weighted by Crippen LogP contribution is 2.26. The van der Waals surface area contributed by atoms with Gasteiger partial charge in [-0.05, 0) is 11.0 Å². The number of carbonyl (C=O) groups excluding carboxylic acids is 1. The number of hydrogen-bond acceptors (Lipinski definition) is 4. The molecule has 0 saturated heterocycles. The SMILES string of the molecule is CC(=O)NCCSc1nnc(-c2ccc(C(C)(C)C)cc2)n1C. The topological polar surface area (TPSA) is 59.8 Å². The van der Waals surface area contributed by atoms with E-state index in [-0.39, 0.29) is 11.3 Å². The van der Waals surface area contributed by atoms with Crippen molar-refractivity contribution in [1.29, 1.82) is 0 Å². The van der Waals surface area contributed by atoms with Crippen LogP contribution in [0, 0.1) is 0 Å². The van der Waals surface area contributed by atoms with Gasteiger partial charge in [0.2, 0.25) is 5.91 Å². The second kappa shape index (κ2) is 7.17. The number of thioether (sulfide) groups is 1. The lowest BCUT2D eigenvalue weighted by atomic mass is 9.87. The van der Waals surface area contributed by atoms with E-state index in [1.807, 2.05) is 11.6 Å². The van der Waals surface area contributed by atoms with Crippen molar-refractivity contribution in [2.75, 3.05) is 12.3 Å². The summed E-state index contributed by atoms with van der Waals surface area (Å²) < 4.78 is 1.99. The molecule has 124 valence electrons. The van der Waals surface area contributed by atoms with E-state index in [1.165, 1.54) is 12.5 Å². The molecule has 0 unspecified atom stereocenters. The number of benzene rings is 1. The van der Waals surface area contributed by atoms with E-state index in [0.29, 0.717) is 6.54 Å². The summed E-state index contributed by atoms with van der Waals surface area (Å²) in [4.78, 5) is 10.9. The highest BCUT2D eigenvalue weighted by Gasteiger charge is 2.15. The number of carbonyl (C=O) groups is 1. The Bertz CT molecular complexity index is 671. The Kier molecular flexibility index (Phi) is 5.46. The van der Waals surface area contributed by atoms with Crippen LogP contribution >= 0.6 is 11.8 Å². The van der Waals surface area contributed by atoms with E-state index < -0.39 is 0 Å². The van der Waals surface area contributed by atoms with Crippen LogP contribution in [0.1, 0.15) is 33.3 Å². The molecule has 5 nitrogen and oxygen atoms in total.